The Kier molecular flexibility index (Phi) is 7.24. The summed E-state index contributed by atoms with van der Waals surface area (Å²) in [5, 5.41) is 7.96. The molecule has 0 spiro atoms. The minimum absolute atomic E-state index is 0.690. The molecule has 0 radical (unpaired) electrons. The summed E-state index contributed by atoms with van der Waals surface area (Å²) in [6, 6.07) is 73.1. The molecule has 5 heteroatoms. The highest BCUT2D eigenvalue weighted by atomic mass is 16.3. The molecule has 0 aliphatic carbocycles. The Balaban J connectivity index is 1.12. The Morgan fingerprint density at radius 1 is 0.344 bits per heavy atom. The van der Waals surface area contributed by atoms with Gasteiger partial charge in [-0.05, 0) is 77.9 Å². The molecule has 0 saturated carbocycles. The Bertz CT molecular complexity index is 3860. The van der Waals surface area contributed by atoms with Gasteiger partial charge in [-0.25, -0.2) is 9.97 Å². The van der Waals surface area contributed by atoms with E-state index in [4.69, 9.17) is 14.4 Å². The summed E-state index contributed by atoms with van der Waals surface area (Å²) in [4.78, 5) is 10.3. The summed E-state index contributed by atoms with van der Waals surface area (Å²) in [5.41, 5.74) is 14.6. The summed E-state index contributed by atoms with van der Waals surface area (Å²) in [6.07, 6.45) is 0. The van der Waals surface area contributed by atoms with Crippen LogP contribution in [0.5, 0.6) is 0 Å². The summed E-state index contributed by atoms with van der Waals surface area (Å²) in [7, 11) is 0. The van der Waals surface area contributed by atoms with Crippen molar-refractivity contribution in [3.8, 4) is 45.1 Å². The molecule has 0 unspecified atom stereocenters. The van der Waals surface area contributed by atoms with Gasteiger partial charge in [0.25, 0.3) is 0 Å². The largest absolute Gasteiger partial charge is 0.456 e. The normalized spacial score (nSPS) is 11.9. The van der Waals surface area contributed by atoms with E-state index in [1.807, 2.05) is 18.2 Å². The fourth-order valence-corrected chi connectivity index (χ4v) is 9.61. The van der Waals surface area contributed by atoms with Crippen molar-refractivity contribution in [3.63, 3.8) is 0 Å². The van der Waals surface area contributed by atoms with Crippen LogP contribution in [0.2, 0.25) is 0 Å². The van der Waals surface area contributed by atoms with E-state index in [1.54, 1.807) is 0 Å². The van der Waals surface area contributed by atoms with Gasteiger partial charge in [0.15, 0.2) is 5.82 Å². The van der Waals surface area contributed by atoms with Crippen LogP contribution in [-0.4, -0.2) is 19.1 Å². The number of benzene rings is 9. The maximum atomic E-state index is 6.56. The fraction of sp³-hybridized carbons (Fsp3) is 0. The number of aromatic nitrogens is 4. The third kappa shape index (κ3) is 5.08. The van der Waals surface area contributed by atoms with Crippen LogP contribution in [0.3, 0.4) is 0 Å². The van der Waals surface area contributed by atoms with Crippen LogP contribution in [-0.2, 0) is 0 Å². The number of rotatable bonds is 5. The molecule has 0 fully saturated rings. The van der Waals surface area contributed by atoms with E-state index in [2.05, 4.69) is 197 Å². The lowest BCUT2D eigenvalue weighted by Gasteiger charge is -2.14. The standard InChI is InChI=1S/C56H34N4O/c1-3-14-35(15-4-1)38-18-13-19-40(34-38)59-48-24-11-8-20-41(48)42-30-31-44-43-32-33-50-51(46-22-9-12-25-49(46)61-50)53(43)60(55(44)54(42)59)39-28-26-37(27-29-39)56-57-47-23-10-7-21-45(47)52(58-56)36-16-5-2-6-17-36/h1-34H. The fourth-order valence-electron chi connectivity index (χ4n) is 9.61. The van der Waals surface area contributed by atoms with Crippen molar-refractivity contribution in [2.45, 2.75) is 0 Å². The molecule has 13 aromatic rings. The Morgan fingerprint density at radius 3 is 1.79 bits per heavy atom. The molecule has 13 rings (SSSR count). The Labute approximate surface area is 350 Å². The lowest BCUT2D eigenvalue weighted by molar-refractivity contribution is 0.669. The first kappa shape index (κ1) is 33.7. The van der Waals surface area contributed by atoms with Crippen molar-refractivity contribution in [3.05, 3.63) is 206 Å². The number of fused-ring (bicyclic) bond motifs is 12. The minimum atomic E-state index is 0.690. The SMILES string of the molecule is c1ccc(-c2cccc(-n3c4ccccc4c4ccc5c6ccc7oc8ccccc8c7c6n(-c6ccc(-c7nc(-c8ccccc8)c8ccccc8n7)cc6)c5c43)c2)cc1. The molecule has 0 amide bonds. The average molecular weight is 779 g/mol. The minimum Gasteiger partial charge on any atom is -0.456 e. The van der Waals surface area contributed by atoms with Crippen LogP contribution in [0.25, 0.3) is 122 Å². The molecule has 0 aliphatic rings. The second-order valence-corrected chi connectivity index (χ2v) is 15.7. The molecule has 0 aliphatic heterocycles. The first-order valence-electron chi connectivity index (χ1n) is 20.7. The molecule has 0 N–H and O–H groups in total. The quantitative estimate of drug-likeness (QED) is 0.175. The van der Waals surface area contributed by atoms with E-state index in [-0.39, 0.29) is 0 Å². The van der Waals surface area contributed by atoms with E-state index in [0.29, 0.717) is 5.82 Å². The van der Waals surface area contributed by atoms with E-state index >= 15 is 0 Å². The first-order chi connectivity index (χ1) is 30.3. The van der Waals surface area contributed by atoms with E-state index in [9.17, 15) is 0 Å². The summed E-state index contributed by atoms with van der Waals surface area (Å²) < 4.78 is 11.5. The summed E-state index contributed by atoms with van der Waals surface area (Å²) in [5.74, 6) is 0.690. The summed E-state index contributed by atoms with van der Waals surface area (Å²) >= 11 is 0. The number of hydrogen-bond donors (Lipinski definition) is 0. The smallest absolute Gasteiger partial charge is 0.160 e. The zero-order valence-electron chi connectivity index (χ0n) is 32.8. The molecule has 0 atom stereocenters. The molecule has 0 saturated heterocycles. The van der Waals surface area contributed by atoms with Crippen LogP contribution in [0.4, 0.5) is 0 Å². The molecule has 4 heterocycles. The number of nitrogens with zero attached hydrogens (tertiary/aromatic N) is 4. The van der Waals surface area contributed by atoms with Gasteiger partial charge >= 0.3 is 0 Å². The van der Waals surface area contributed by atoms with Gasteiger partial charge in [0.05, 0.1) is 38.7 Å². The van der Waals surface area contributed by atoms with Gasteiger partial charge in [-0.3, -0.25) is 0 Å². The van der Waals surface area contributed by atoms with Gasteiger partial charge in [-0.15, -0.1) is 0 Å². The second-order valence-electron chi connectivity index (χ2n) is 15.7. The lowest BCUT2D eigenvalue weighted by Crippen LogP contribution is -2.00. The third-order valence-electron chi connectivity index (χ3n) is 12.3. The number of para-hydroxylation sites is 3. The Hall–Kier alpha value is -8.28. The highest BCUT2D eigenvalue weighted by molar-refractivity contribution is 6.29. The first-order valence-corrected chi connectivity index (χ1v) is 20.7. The van der Waals surface area contributed by atoms with Gasteiger partial charge in [0.2, 0.25) is 0 Å². The molecule has 61 heavy (non-hydrogen) atoms. The van der Waals surface area contributed by atoms with Crippen molar-refractivity contribution in [1.29, 1.82) is 0 Å². The van der Waals surface area contributed by atoms with Crippen molar-refractivity contribution in [2.75, 3.05) is 0 Å². The van der Waals surface area contributed by atoms with Crippen LogP contribution >= 0.6 is 0 Å². The van der Waals surface area contributed by atoms with Gasteiger partial charge in [-0.2, -0.15) is 0 Å². The molecule has 284 valence electrons. The zero-order chi connectivity index (χ0) is 40.0. The van der Waals surface area contributed by atoms with E-state index in [0.717, 1.165) is 83.1 Å². The monoisotopic (exact) mass is 778 g/mol. The Morgan fingerprint density at radius 2 is 0.967 bits per heavy atom. The highest BCUT2D eigenvalue weighted by Gasteiger charge is 2.24. The maximum Gasteiger partial charge on any atom is 0.160 e. The summed E-state index contributed by atoms with van der Waals surface area (Å²) in [6.45, 7) is 0. The van der Waals surface area contributed by atoms with Crippen molar-refractivity contribution in [1.82, 2.24) is 19.1 Å². The molecule has 4 aromatic heterocycles. The van der Waals surface area contributed by atoms with E-state index < -0.39 is 0 Å². The van der Waals surface area contributed by atoms with E-state index in [1.165, 1.54) is 32.7 Å². The van der Waals surface area contributed by atoms with Crippen LogP contribution in [0, 0.1) is 0 Å². The number of furan rings is 1. The van der Waals surface area contributed by atoms with Gasteiger partial charge < -0.3 is 13.6 Å². The van der Waals surface area contributed by atoms with Crippen LogP contribution in [0.1, 0.15) is 0 Å². The van der Waals surface area contributed by atoms with Crippen LogP contribution in [0.15, 0.2) is 211 Å². The lowest BCUT2D eigenvalue weighted by atomic mass is 10.0. The van der Waals surface area contributed by atoms with Gasteiger partial charge in [0, 0.05) is 54.8 Å². The maximum absolute atomic E-state index is 6.56. The third-order valence-corrected chi connectivity index (χ3v) is 12.3. The van der Waals surface area contributed by atoms with Gasteiger partial charge in [-0.1, -0.05) is 140 Å². The molecule has 5 nitrogen and oxygen atoms in total. The highest BCUT2D eigenvalue weighted by Crippen LogP contribution is 2.45. The second kappa shape index (κ2) is 13.1. The molecule has 9 aromatic carbocycles. The molecular weight excluding hydrogens is 745 g/mol. The predicted molar refractivity (Wildman–Crippen MR) is 252 cm³/mol. The predicted octanol–water partition coefficient (Wildman–Crippen LogP) is 14.7. The molecular formula is C56H34N4O. The number of hydrogen-bond acceptors (Lipinski definition) is 3. The zero-order valence-corrected chi connectivity index (χ0v) is 32.8. The van der Waals surface area contributed by atoms with Crippen LogP contribution < -0.4 is 0 Å². The van der Waals surface area contributed by atoms with Gasteiger partial charge in [0.1, 0.15) is 11.2 Å². The average Bonchev–Trinajstić information content (AvgIpc) is 4.00. The topological polar surface area (TPSA) is 48.8 Å². The van der Waals surface area contributed by atoms with Crippen molar-refractivity contribution in [2.24, 2.45) is 0 Å². The van der Waals surface area contributed by atoms with Crippen molar-refractivity contribution >= 4 is 76.5 Å². The molecule has 0 bridgehead atoms. The van der Waals surface area contributed by atoms with Crippen molar-refractivity contribution < 1.29 is 4.42 Å².